The first kappa shape index (κ1) is 19.8. The summed E-state index contributed by atoms with van der Waals surface area (Å²) in [6.07, 6.45) is 0.487. The molecule has 1 amide bonds. The number of amides is 1. The Bertz CT molecular complexity index is 650. The summed E-state index contributed by atoms with van der Waals surface area (Å²) in [5.74, 6) is 0.975. The van der Waals surface area contributed by atoms with Gasteiger partial charge in [-0.15, -0.1) is 12.4 Å². The number of ether oxygens (including phenoxy) is 2. The van der Waals surface area contributed by atoms with Crippen LogP contribution < -0.4 is 20.5 Å². The van der Waals surface area contributed by atoms with Gasteiger partial charge in [0.2, 0.25) is 5.91 Å². The van der Waals surface area contributed by atoms with Crippen LogP contribution in [0.1, 0.15) is 12.5 Å². The summed E-state index contributed by atoms with van der Waals surface area (Å²) in [6, 6.07) is 14.3. The summed E-state index contributed by atoms with van der Waals surface area (Å²) >= 11 is 0. The van der Waals surface area contributed by atoms with E-state index in [4.69, 9.17) is 15.2 Å². The van der Waals surface area contributed by atoms with Crippen molar-refractivity contribution in [2.75, 3.05) is 19.0 Å². The summed E-state index contributed by atoms with van der Waals surface area (Å²) in [4.78, 5) is 12.2. The van der Waals surface area contributed by atoms with Crippen LogP contribution in [0.5, 0.6) is 11.5 Å². The maximum atomic E-state index is 12.2. The fraction of sp³-hybridized carbons (Fsp3) is 0.278. The van der Waals surface area contributed by atoms with Gasteiger partial charge in [0.1, 0.15) is 0 Å². The fourth-order valence-corrected chi connectivity index (χ4v) is 2.22. The van der Waals surface area contributed by atoms with E-state index in [2.05, 4.69) is 5.32 Å². The van der Waals surface area contributed by atoms with Gasteiger partial charge in [-0.05, 0) is 31.0 Å². The van der Waals surface area contributed by atoms with E-state index < -0.39 is 6.04 Å². The van der Waals surface area contributed by atoms with Gasteiger partial charge in [0.25, 0.3) is 0 Å². The Kier molecular flexibility index (Phi) is 8.09. The van der Waals surface area contributed by atoms with Crippen molar-refractivity contribution in [3.05, 3.63) is 54.1 Å². The maximum absolute atomic E-state index is 12.2. The molecule has 2 aromatic carbocycles. The number of benzene rings is 2. The number of hydrogen-bond acceptors (Lipinski definition) is 4. The van der Waals surface area contributed by atoms with Gasteiger partial charge in [0.05, 0.1) is 19.8 Å². The highest BCUT2D eigenvalue weighted by molar-refractivity contribution is 5.95. The molecule has 0 spiro atoms. The highest BCUT2D eigenvalue weighted by Gasteiger charge is 2.15. The van der Waals surface area contributed by atoms with E-state index in [-0.39, 0.29) is 18.3 Å². The first-order valence-electron chi connectivity index (χ1n) is 7.55. The molecule has 0 fully saturated rings. The number of nitrogens with one attached hydrogen (secondary N) is 1. The van der Waals surface area contributed by atoms with Crippen molar-refractivity contribution in [3.8, 4) is 11.5 Å². The molecule has 2 rings (SSSR count). The van der Waals surface area contributed by atoms with Crippen molar-refractivity contribution in [1.82, 2.24) is 0 Å². The summed E-state index contributed by atoms with van der Waals surface area (Å²) in [6.45, 7) is 2.45. The van der Waals surface area contributed by atoms with E-state index in [1.165, 1.54) is 0 Å². The second kappa shape index (κ2) is 9.80. The Morgan fingerprint density at radius 2 is 1.88 bits per heavy atom. The molecule has 3 N–H and O–H groups in total. The Morgan fingerprint density at radius 1 is 1.17 bits per heavy atom. The molecular weight excluding hydrogens is 328 g/mol. The lowest BCUT2D eigenvalue weighted by Gasteiger charge is -2.14. The zero-order chi connectivity index (χ0) is 16.7. The van der Waals surface area contributed by atoms with Gasteiger partial charge in [0, 0.05) is 11.8 Å². The lowest BCUT2D eigenvalue weighted by atomic mass is 10.1. The Morgan fingerprint density at radius 3 is 2.50 bits per heavy atom. The van der Waals surface area contributed by atoms with Gasteiger partial charge < -0.3 is 20.5 Å². The van der Waals surface area contributed by atoms with Gasteiger partial charge in [0.15, 0.2) is 11.5 Å². The molecule has 0 heterocycles. The van der Waals surface area contributed by atoms with Crippen molar-refractivity contribution >= 4 is 24.0 Å². The standard InChI is InChI=1S/C18H22N2O3.ClH/c1-3-23-16-10-9-14(12-17(16)22-2)20-18(21)15(19)11-13-7-5-4-6-8-13;/h4-10,12,15H,3,11,19H2,1-2H3,(H,20,21);1H. The maximum Gasteiger partial charge on any atom is 0.241 e. The smallest absolute Gasteiger partial charge is 0.241 e. The van der Waals surface area contributed by atoms with Gasteiger partial charge in [-0.1, -0.05) is 30.3 Å². The minimum Gasteiger partial charge on any atom is -0.493 e. The van der Waals surface area contributed by atoms with Crippen LogP contribution in [0, 0.1) is 0 Å². The lowest BCUT2D eigenvalue weighted by molar-refractivity contribution is -0.117. The molecule has 0 aliphatic rings. The van der Waals surface area contributed by atoms with E-state index in [0.29, 0.717) is 30.2 Å². The highest BCUT2D eigenvalue weighted by atomic mass is 35.5. The summed E-state index contributed by atoms with van der Waals surface area (Å²) in [5, 5.41) is 2.81. The third-order valence-corrected chi connectivity index (χ3v) is 3.37. The van der Waals surface area contributed by atoms with E-state index in [9.17, 15) is 4.79 Å². The van der Waals surface area contributed by atoms with E-state index in [1.54, 1.807) is 25.3 Å². The highest BCUT2D eigenvalue weighted by Crippen LogP contribution is 2.30. The molecule has 24 heavy (non-hydrogen) atoms. The predicted molar refractivity (Wildman–Crippen MR) is 98.2 cm³/mol. The van der Waals surface area contributed by atoms with E-state index >= 15 is 0 Å². The molecule has 0 aliphatic heterocycles. The molecule has 130 valence electrons. The van der Waals surface area contributed by atoms with Gasteiger partial charge >= 0.3 is 0 Å². The van der Waals surface area contributed by atoms with Crippen molar-refractivity contribution in [3.63, 3.8) is 0 Å². The molecule has 2 aromatic rings. The number of carbonyl (C=O) groups excluding carboxylic acids is 1. The lowest BCUT2D eigenvalue weighted by Crippen LogP contribution is -2.37. The summed E-state index contributed by atoms with van der Waals surface area (Å²) in [7, 11) is 1.56. The SMILES string of the molecule is CCOc1ccc(NC(=O)C(N)Cc2ccccc2)cc1OC.Cl. The third-order valence-electron chi connectivity index (χ3n) is 3.37. The second-order valence-electron chi connectivity index (χ2n) is 5.08. The van der Waals surface area contributed by atoms with Crippen LogP contribution in [0.25, 0.3) is 0 Å². The zero-order valence-corrected chi connectivity index (χ0v) is 14.6. The minimum absolute atomic E-state index is 0. The molecule has 0 saturated heterocycles. The molecule has 0 aromatic heterocycles. The van der Waals surface area contributed by atoms with Crippen LogP contribution in [0.4, 0.5) is 5.69 Å². The van der Waals surface area contributed by atoms with E-state index in [1.807, 2.05) is 37.3 Å². The number of halogens is 1. The fourth-order valence-electron chi connectivity index (χ4n) is 2.22. The van der Waals surface area contributed by atoms with Crippen molar-refractivity contribution in [2.24, 2.45) is 5.73 Å². The molecule has 0 radical (unpaired) electrons. The monoisotopic (exact) mass is 350 g/mol. The van der Waals surface area contributed by atoms with E-state index in [0.717, 1.165) is 5.56 Å². The molecule has 6 heteroatoms. The number of nitrogens with two attached hydrogens (primary N) is 1. The Balaban J connectivity index is 0.00000288. The average molecular weight is 351 g/mol. The average Bonchev–Trinajstić information content (AvgIpc) is 2.57. The summed E-state index contributed by atoms with van der Waals surface area (Å²) in [5.41, 5.74) is 7.63. The number of carbonyl (C=O) groups is 1. The molecule has 0 aliphatic carbocycles. The van der Waals surface area contributed by atoms with Crippen molar-refractivity contribution in [2.45, 2.75) is 19.4 Å². The van der Waals surface area contributed by atoms with Gasteiger partial charge in [-0.25, -0.2) is 0 Å². The molecule has 1 atom stereocenters. The van der Waals surface area contributed by atoms with Crippen LogP contribution in [-0.2, 0) is 11.2 Å². The minimum atomic E-state index is -0.616. The third kappa shape index (κ3) is 5.44. The first-order valence-corrected chi connectivity index (χ1v) is 7.55. The zero-order valence-electron chi connectivity index (χ0n) is 13.8. The van der Waals surface area contributed by atoms with Crippen LogP contribution in [0.15, 0.2) is 48.5 Å². The quantitative estimate of drug-likeness (QED) is 0.805. The van der Waals surface area contributed by atoms with Crippen LogP contribution in [0.2, 0.25) is 0 Å². The largest absolute Gasteiger partial charge is 0.493 e. The molecule has 1 unspecified atom stereocenters. The molecule has 0 saturated carbocycles. The molecule has 0 bridgehead atoms. The van der Waals surface area contributed by atoms with Gasteiger partial charge in [-0.3, -0.25) is 4.79 Å². The second-order valence-corrected chi connectivity index (χ2v) is 5.08. The van der Waals surface area contributed by atoms with Gasteiger partial charge in [-0.2, -0.15) is 0 Å². The summed E-state index contributed by atoms with van der Waals surface area (Å²) < 4.78 is 10.7. The normalized spacial score (nSPS) is 11.1. The number of methoxy groups -OCH3 is 1. The van der Waals surface area contributed by atoms with Crippen molar-refractivity contribution in [1.29, 1.82) is 0 Å². The van der Waals surface area contributed by atoms with Crippen molar-refractivity contribution < 1.29 is 14.3 Å². The van der Waals surface area contributed by atoms with Crippen LogP contribution in [-0.4, -0.2) is 25.7 Å². The van der Waals surface area contributed by atoms with Crippen LogP contribution >= 0.6 is 12.4 Å². The topological polar surface area (TPSA) is 73.6 Å². The number of rotatable bonds is 7. The predicted octanol–water partition coefficient (Wildman–Crippen LogP) is 3.02. The first-order chi connectivity index (χ1) is 11.1. The number of hydrogen-bond donors (Lipinski definition) is 2. The number of anilines is 1. The molecular formula is C18H23ClN2O3. The Labute approximate surface area is 148 Å². The molecule has 5 nitrogen and oxygen atoms in total. The Hall–Kier alpha value is -2.24. The van der Waals surface area contributed by atoms with Crippen LogP contribution in [0.3, 0.4) is 0 Å².